The standard InChI is InChI=1S/C21H28ClN3O3S/c1-4-15-10-19(18(28-3)11-17(15)22)29-14-21(27)24-8-6-23(7-9-24)16-12-25(13-16)20(26)5-2/h5,10-11,16H,2,4,6-9,12-14H2,1,3H3. The molecule has 2 aliphatic rings. The van der Waals surface area contributed by atoms with Crippen molar-refractivity contribution in [3.8, 4) is 5.75 Å². The van der Waals surface area contributed by atoms with Crippen molar-refractivity contribution in [3.63, 3.8) is 0 Å². The molecule has 0 aliphatic carbocycles. The molecule has 29 heavy (non-hydrogen) atoms. The van der Waals surface area contributed by atoms with Gasteiger partial charge in [-0.05, 0) is 24.1 Å². The normalized spacial score (nSPS) is 17.8. The van der Waals surface area contributed by atoms with Crippen molar-refractivity contribution < 1.29 is 14.3 Å². The van der Waals surface area contributed by atoms with Crippen LogP contribution in [0.3, 0.4) is 0 Å². The maximum Gasteiger partial charge on any atom is 0.246 e. The highest BCUT2D eigenvalue weighted by Gasteiger charge is 2.35. The minimum absolute atomic E-state index is 0.00375. The summed E-state index contributed by atoms with van der Waals surface area (Å²) in [7, 11) is 1.62. The number of carbonyl (C=O) groups is 2. The highest BCUT2D eigenvalue weighted by molar-refractivity contribution is 8.00. The largest absolute Gasteiger partial charge is 0.496 e. The Morgan fingerprint density at radius 1 is 1.24 bits per heavy atom. The Labute approximate surface area is 181 Å². The quantitative estimate of drug-likeness (QED) is 0.484. The van der Waals surface area contributed by atoms with E-state index < -0.39 is 0 Å². The molecule has 158 valence electrons. The third-order valence-electron chi connectivity index (χ3n) is 5.60. The second kappa shape index (κ2) is 9.87. The maximum atomic E-state index is 12.7. The molecule has 1 aromatic carbocycles. The first-order valence-corrected chi connectivity index (χ1v) is 11.3. The van der Waals surface area contributed by atoms with Crippen molar-refractivity contribution in [1.29, 1.82) is 0 Å². The summed E-state index contributed by atoms with van der Waals surface area (Å²) < 4.78 is 5.43. The summed E-state index contributed by atoms with van der Waals surface area (Å²) in [5, 5.41) is 0.695. The van der Waals surface area contributed by atoms with Gasteiger partial charge < -0.3 is 14.5 Å². The molecule has 2 amide bonds. The van der Waals surface area contributed by atoms with E-state index in [9.17, 15) is 9.59 Å². The smallest absolute Gasteiger partial charge is 0.246 e. The van der Waals surface area contributed by atoms with Crippen LogP contribution in [0.5, 0.6) is 5.75 Å². The van der Waals surface area contributed by atoms with Crippen LogP contribution < -0.4 is 4.74 Å². The molecule has 3 rings (SSSR count). The summed E-state index contributed by atoms with van der Waals surface area (Å²) >= 11 is 7.76. The minimum atomic E-state index is -0.00375. The average molecular weight is 438 g/mol. The monoisotopic (exact) mass is 437 g/mol. The fourth-order valence-electron chi connectivity index (χ4n) is 3.68. The number of benzene rings is 1. The zero-order chi connectivity index (χ0) is 21.0. The lowest BCUT2D eigenvalue weighted by molar-refractivity contribution is -0.135. The van der Waals surface area contributed by atoms with E-state index in [4.69, 9.17) is 16.3 Å². The molecule has 0 saturated carbocycles. The van der Waals surface area contributed by atoms with E-state index in [2.05, 4.69) is 18.4 Å². The van der Waals surface area contributed by atoms with E-state index in [1.54, 1.807) is 12.0 Å². The molecule has 8 heteroatoms. The number of hydrogen-bond acceptors (Lipinski definition) is 5. The number of rotatable bonds is 7. The van der Waals surface area contributed by atoms with Gasteiger partial charge in [-0.3, -0.25) is 14.5 Å². The average Bonchev–Trinajstić information content (AvgIpc) is 2.71. The predicted molar refractivity (Wildman–Crippen MR) is 117 cm³/mol. The zero-order valence-corrected chi connectivity index (χ0v) is 18.6. The van der Waals surface area contributed by atoms with Gasteiger partial charge >= 0.3 is 0 Å². The van der Waals surface area contributed by atoms with Gasteiger partial charge in [0.1, 0.15) is 5.75 Å². The Morgan fingerprint density at radius 3 is 2.52 bits per heavy atom. The Bertz CT molecular complexity index is 775. The minimum Gasteiger partial charge on any atom is -0.496 e. The van der Waals surface area contributed by atoms with Crippen LogP contribution in [0.4, 0.5) is 0 Å². The lowest BCUT2D eigenvalue weighted by Gasteiger charge is -2.47. The van der Waals surface area contributed by atoms with Crippen molar-refractivity contribution in [2.75, 3.05) is 52.1 Å². The highest BCUT2D eigenvalue weighted by Crippen LogP contribution is 2.34. The van der Waals surface area contributed by atoms with E-state index in [1.165, 1.54) is 17.8 Å². The first kappa shape index (κ1) is 22.0. The third-order valence-corrected chi connectivity index (χ3v) is 6.97. The third kappa shape index (κ3) is 5.08. The van der Waals surface area contributed by atoms with Gasteiger partial charge in [0.2, 0.25) is 11.8 Å². The Hall–Kier alpha value is -1.70. The second-order valence-electron chi connectivity index (χ2n) is 7.25. The maximum absolute atomic E-state index is 12.7. The van der Waals surface area contributed by atoms with Crippen LogP contribution in [0.15, 0.2) is 29.7 Å². The topological polar surface area (TPSA) is 53.1 Å². The van der Waals surface area contributed by atoms with E-state index in [0.717, 1.165) is 56.1 Å². The van der Waals surface area contributed by atoms with Crippen LogP contribution in [0.25, 0.3) is 0 Å². The molecule has 0 N–H and O–H groups in total. The first-order chi connectivity index (χ1) is 14.0. The summed E-state index contributed by atoms with van der Waals surface area (Å²) in [6, 6.07) is 4.24. The lowest BCUT2D eigenvalue weighted by atomic mass is 10.1. The molecule has 1 aromatic rings. The predicted octanol–water partition coefficient (Wildman–Crippen LogP) is 2.54. The number of halogens is 1. The Morgan fingerprint density at radius 2 is 1.93 bits per heavy atom. The number of carbonyl (C=O) groups excluding carboxylic acids is 2. The number of ether oxygens (including phenoxy) is 1. The van der Waals surface area contributed by atoms with Gasteiger partial charge in [-0.2, -0.15) is 0 Å². The lowest BCUT2D eigenvalue weighted by Crippen LogP contribution is -2.64. The van der Waals surface area contributed by atoms with Crippen molar-refractivity contribution >= 4 is 35.2 Å². The Balaban J connectivity index is 1.47. The van der Waals surface area contributed by atoms with E-state index >= 15 is 0 Å². The Kier molecular flexibility index (Phi) is 7.49. The molecule has 2 fully saturated rings. The fourth-order valence-corrected chi connectivity index (χ4v) is 4.94. The number of nitrogens with zero attached hydrogens (tertiary/aromatic N) is 3. The number of methoxy groups -OCH3 is 1. The molecule has 2 heterocycles. The van der Waals surface area contributed by atoms with Gasteiger partial charge in [-0.1, -0.05) is 25.1 Å². The number of aryl methyl sites for hydroxylation is 1. The van der Waals surface area contributed by atoms with Crippen LogP contribution in [-0.2, 0) is 16.0 Å². The number of thioether (sulfide) groups is 1. The molecule has 0 spiro atoms. The van der Waals surface area contributed by atoms with E-state index in [-0.39, 0.29) is 11.8 Å². The number of amides is 2. The van der Waals surface area contributed by atoms with Gasteiger partial charge in [0.15, 0.2) is 0 Å². The zero-order valence-electron chi connectivity index (χ0n) is 17.0. The molecule has 0 unspecified atom stereocenters. The summed E-state index contributed by atoms with van der Waals surface area (Å²) in [5.74, 6) is 1.22. The molecule has 0 radical (unpaired) electrons. The van der Waals surface area contributed by atoms with Gasteiger partial charge in [0.25, 0.3) is 0 Å². The van der Waals surface area contributed by atoms with Crippen molar-refractivity contribution in [3.05, 3.63) is 35.4 Å². The van der Waals surface area contributed by atoms with Crippen LogP contribution in [0.1, 0.15) is 12.5 Å². The molecule has 6 nitrogen and oxygen atoms in total. The first-order valence-electron chi connectivity index (χ1n) is 9.89. The van der Waals surface area contributed by atoms with Crippen LogP contribution >= 0.6 is 23.4 Å². The number of likely N-dealkylation sites (tertiary alicyclic amines) is 1. The number of hydrogen-bond donors (Lipinski definition) is 0. The van der Waals surface area contributed by atoms with Gasteiger partial charge in [-0.25, -0.2) is 0 Å². The van der Waals surface area contributed by atoms with Crippen molar-refractivity contribution in [1.82, 2.24) is 14.7 Å². The fraction of sp³-hybridized carbons (Fsp3) is 0.524. The summed E-state index contributed by atoms with van der Waals surface area (Å²) in [4.78, 5) is 31.3. The van der Waals surface area contributed by atoms with Crippen molar-refractivity contribution in [2.24, 2.45) is 0 Å². The van der Waals surface area contributed by atoms with Crippen LogP contribution in [-0.4, -0.2) is 84.7 Å². The molecule has 2 saturated heterocycles. The summed E-state index contributed by atoms with van der Waals surface area (Å²) in [5.41, 5.74) is 1.06. The number of piperazine rings is 1. The van der Waals surface area contributed by atoms with Gasteiger partial charge in [0, 0.05) is 56.4 Å². The summed E-state index contributed by atoms with van der Waals surface area (Å²) in [6.07, 6.45) is 2.20. The SMILES string of the molecule is C=CC(=O)N1CC(N2CCN(C(=O)CSc3cc(CC)c(Cl)cc3OC)CC2)C1. The molecule has 0 aromatic heterocycles. The molecule has 0 bridgehead atoms. The molecular formula is C21H28ClN3O3S. The van der Waals surface area contributed by atoms with Gasteiger partial charge in [-0.15, -0.1) is 11.8 Å². The second-order valence-corrected chi connectivity index (χ2v) is 8.68. The molecular weight excluding hydrogens is 410 g/mol. The van der Waals surface area contributed by atoms with Crippen molar-refractivity contribution in [2.45, 2.75) is 24.3 Å². The van der Waals surface area contributed by atoms with E-state index in [1.807, 2.05) is 17.0 Å². The van der Waals surface area contributed by atoms with Gasteiger partial charge in [0.05, 0.1) is 17.8 Å². The van der Waals surface area contributed by atoms with Crippen LogP contribution in [0.2, 0.25) is 5.02 Å². The van der Waals surface area contributed by atoms with Crippen LogP contribution in [0, 0.1) is 0 Å². The highest BCUT2D eigenvalue weighted by atomic mass is 35.5. The molecule has 0 atom stereocenters. The molecule has 2 aliphatic heterocycles. The summed E-state index contributed by atoms with van der Waals surface area (Å²) in [6.45, 7) is 10.2. The van der Waals surface area contributed by atoms with E-state index in [0.29, 0.717) is 22.6 Å².